The largest absolute Gasteiger partial charge is 0.507 e. The van der Waals surface area contributed by atoms with Gasteiger partial charge in [-0.05, 0) is 119 Å². The summed E-state index contributed by atoms with van der Waals surface area (Å²) in [7, 11) is -4.09. The predicted octanol–water partition coefficient (Wildman–Crippen LogP) is 6.38. The summed E-state index contributed by atoms with van der Waals surface area (Å²) in [5, 5.41) is 10.1. The molecule has 184 valence electrons. The summed E-state index contributed by atoms with van der Waals surface area (Å²) >= 11 is 3.44. The lowest BCUT2D eigenvalue weighted by Gasteiger charge is -2.51. The van der Waals surface area contributed by atoms with E-state index in [9.17, 15) is 26.7 Å². The SMILES string of the molecule is C[C@]12CC[C@@H]3c4cc(Br)c(O)cc4CC[C@H]3[C@@H]1CC[C@@H]2NS(=O)(=O)c1cccc(C(F)(F)F)c1. The van der Waals surface area contributed by atoms with Gasteiger partial charge in [0.25, 0.3) is 0 Å². The quantitative estimate of drug-likeness (QED) is 0.460. The second-order valence-corrected chi connectivity index (χ2v) is 12.8. The van der Waals surface area contributed by atoms with Gasteiger partial charge in [0.15, 0.2) is 0 Å². The van der Waals surface area contributed by atoms with E-state index in [0.717, 1.165) is 44.2 Å². The highest BCUT2D eigenvalue weighted by molar-refractivity contribution is 9.10. The number of aromatic hydroxyl groups is 1. The van der Waals surface area contributed by atoms with Crippen LogP contribution in [0.2, 0.25) is 0 Å². The lowest BCUT2D eigenvalue weighted by atomic mass is 9.55. The molecule has 0 heterocycles. The number of nitrogens with one attached hydrogen (secondary N) is 1. The molecule has 0 spiro atoms. The summed E-state index contributed by atoms with van der Waals surface area (Å²) in [4.78, 5) is -0.348. The van der Waals surface area contributed by atoms with Crippen molar-refractivity contribution in [2.45, 2.75) is 68.5 Å². The zero-order valence-electron chi connectivity index (χ0n) is 18.7. The van der Waals surface area contributed by atoms with Crippen LogP contribution in [0.1, 0.15) is 61.6 Å². The maximum absolute atomic E-state index is 13.1. The fourth-order valence-electron chi connectivity index (χ4n) is 6.87. The fraction of sp³-hybridized carbons (Fsp3) is 0.520. The Labute approximate surface area is 206 Å². The predicted molar refractivity (Wildman–Crippen MR) is 126 cm³/mol. The summed E-state index contributed by atoms with van der Waals surface area (Å²) in [6.45, 7) is 2.14. The highest BCUT2D eigenvalue weighted by atomic mass is 79.9. The van der Waals surface area contributed by atoms with Crippen LogP contribution in [-0.2, 0) is 22.6 Å². The van der Waals surface area contributed by atoms with Crippen LogP contribution in [0.5, 0.6) is 5.75 Å². The number of phenolic OH excluding ortho intramolecular Hbond substituents is 1. The van der Waals surface area contributed by atoms with Crippen molar-refractivity contribution in [2.75, 3.05) is 0 Å². The average molecular weight is 558 g/mol. The van der Waals surface area contributed by atoms with Gasteiger partial charge in [0, 0.05) is 6.04 Å². The monoisotopic (exact) mass is 557 g/mol. The summed E-state index contributed by atoms with van der Waals surface area (Å²) in [6, 6.07) is 7.51. The molecule has 0 amide bonds. The van der Waals surface area contributed by atoms with Crippen LogP contribution in [0.15, 0.2) is 45.8 Å². The Bertz CT molecular complexity index is 1230. The Morgan fingerprint density at radius 1 is 1.12 bits per heavy atom. The van der Waals surface area contributed by atoms with Gasteiger partial charge in [0.2, 0.25) is 10.0 Å². The first-order valence-corrected chi connectivity index (χ1v) is 13.9. The van der Waals surface area contributed by atoms with Crippen LogP contribution in [0.25, 0.3) is 0 Å². The van der Waals surface area contributed by atoms with Crippen molar-refractivity contribution in [2.24, 2.45) is 17.3 Å². The van der Waals surface area contributed by atoms with Gasteiger partial charge in [0.1, 0.15) is 5.75 Å². The number of halogens is 4. The minimum Gasteiger partial charge on any atom is -0.507 e. The molecule has 3 aliphatic rings. The molecule has 0 aromatic heterocycles. The van der Waals surface area contributed by atoms with Crippen LogP contribution in [0.4, 0.5) is 13.2 Å². The Morgan fingerprint density at radius 3 is 2.62 bits per heavy atom. The second-order valence-electron chi connectivity index (χ2n) is 10.2. The third-order valence-electron chi connectivity index (χ3n) is 8.56. The second kappa shape index (κ2) is 8.23. The molecule has 5 rings (SSSR count). The van der Waals surface area contributed by atoms with Crippen molar-refractivity contribution in [3.63, 3.8) is 0 Å². The smallest absolute Gasteiger partial charge is 0.416 e. The van der Waals surface area contributed by atoms with Crippen LogP contribution in [0.3, 0.4) is 0 Å². The number of sulfonamides is 1. The molecular weight excluding hydrogens is 531 g/mol. The van der Waals surface area contributed by atoms with E-state index in [1.54, 1.807) is 0 Å². The van der Waals surface area contributed by atoms with E-state index in [-0.39, 0.29) is 22.1 Å². The van der Waals surface area contributed by atoms with Crippen molar-refractivity contribution >= 4 is 26.0 Å². The highest BCUT2D eigenvalue weighted by Crippen LogP contribution is 2.61. The molecule has 2 saturated carbocycles. The van der Waals surface area contributed by atoms with E-state index in [1.807, 2.05) is 12.1 Å². The summed E-state index contributed by atoms with van der Waals surface area (Å²) < 4.78 is 69.0. The first-order valence-electron chi connectivity index (χ1n) is 11.6. The molecule has 2 N–H and O–H groups in total. The lowest BCUT2D eigenvalue weighted by Crippen LogP contribution is -2.50. The van der Waals surface area contributed by atoms with Gasteiger partial charge in [-0.2, -0.15) is 13.2 Å². The molecule has 3 aliphatic carbocycles. The number of phenols is 1. The minimum absolute atomic E-state index is 0.248. The molecule has 0 radical (unpaired) electrons. The van der Waals surface area contributed by atoms with E-state index in [0.29, 0.717) is 34.7 Å². The van der Waals surface area contributed by atoms with Crippen molar-refractivity contribution < 1.29 is 26.7 Å². The zero-order valence-corrected chi connectivity index (χ0v) is 21.1. The number of hydrogen-bond donors (Lipinski definition) is 2. The van der Waals surface area contributed by atoms with Gasteiger partial charge >= 0.3 is 6.18 Å². The van der Waals surface area contributed by atoms with E-state index in [1.165, 1.54) is 17.2 Å². The topological polar surface area (TPSA) is 66.4 Å². The third-order valence-corrected chi connectivity index (χ3v) is 10.7. The average Bonchev–Trinajstić information content (AvgIpc) is 3.10. The molecule has 2 fully saturated rings. The summed E-state index contributed by atoms with van der Waals surface area (Å²) in [5.74, 6) is 1.38. The van der Waals surface area contributed by atoms with E-state index in [4.69, 9.17) is 0 Å². The number of aryl methyl sites for hydroxylation is 1. The van der Waals surface area contributed by atoms with Gasteiger partial charge in [-0.3, -0.25) is 0 Å². The maximum atomic E-state index is 13.1. The van der Waals surface area contributed by atoms with Crippen LogP contribution in [0, 0.1) is 17.3 Å². The van der Waals surface area contributed by atoms with Crippen LogP contribution < -0.4 is 4.72 Å². The molecule has 5 atom stereocenters. The number of benzene rings is 2. The molecule has 0 saturated heterocycles. The fourth-order valence-corrected chi connectivity index (χ4v) is 8.67. The molecule has 2 aromatic rings. The minimum atomic E-state index is -4.60. The van der Waals surface area contributed by atoms with Crippen molar-refractivity contribution in [3.05, 3.63) is 57.6 Å². The van der Waals surface area contributed by atoms with Crippen LogP contribution in [-0.4, -0.2) is 19.6 Å². The first-order chi connectivity index (χ1) is 15.9. The van der Waals surface area contributed by atoms with Gasteiger partial charge in [0.05, 0.1) is 14.9 Å². The summed E-state index contributed by atoms with van der Waals surface area (Å²) in [5.41, 5.74) is 1.24. The number of alkyl halides is 3. The van der Waals surface area contributed by atoms with Crippen molar-refractivity contribution in [1.29, 1.82) is 0 Å². The van der Waals surface area contributed by atoms with Gasteiger partial charge in [-0.1, -0.05) is 13.0 Å². The molecule has 0 aliphatic heterocycles. The zero-order chi connectivity index (χ0) is 24.5. The van der Waals surface area contributed by atoms with Gasteiger partial charge in [-0.15, -0.1) is 0 Å². The van der Waals surface area contributed by atoms with Gasteiger partial charge < -0.3 is 5.11 Å². The molecule has 0 bridgehead atoms. The highest BCUT2D eigenvalue weighted by Gasteiger charge is 2.55. The van der Waals surface area contributed by atoms with E-state index < -0.39 is 21.8 Å². The molecular formula is C25H27BrF3NO3S. The lowest BCUT2D eigenvalue weighted by molar-refractivity contribution is -0.137. The molecule has 4 nitrogen and oxygen atoms in total. The molecule has 9 heteroatoms. The Balaban J connectivity index is 1.39. The standard InChI is InChI=1S/C25H27BrF3NO3S/c1-24-10-9-17-18(6-5-14-11-22(31)21(26)13-19(14)17)20(24)7-8-23(24)30-34(32,33)16-4-2-3-15(12-16)25(27,28)29/h2-4,11-13,17-18,20,23,30-31H,5-10H2,1H3/t17-,18+,20-,23-,24-/m0/s1. The van der Waals surface area contributed by atoms with Gasteiger partial charge in [-0.25, -0.2) is 13.1 Å². The Morgan fingerprint density at radius 2 is 1.88 bits per heavy atom. The van der Waals surface area contributed by atoms with Crippen molar-refractivity contribution in [3.8, 4) is 5.75 Å². The first kappa shape index (κ1) is 24.1. The maximum Gasteiger partial charge on any atom is 0.416 e. The number of rotatable bonds is 3. The Kier molecular flexibility index (Phi) is 5.84. The summed E-state index contributed by atoms with van der Waals surface area (Å²) in [6.07, 6.45) is 0.598. The van der Waals surface area contributed by atoms with Crippen LogP contribution >= 0.6 is 15.9 Å². The van der Waals surface area contributed by atoms with Crippen molar-refractivity contribution in [1.82, 2.24) is 4.72 Å². The van der Waals surface area contributed by atoms with E-state index >= 15 is 0 Å². The molecule has 34 heavy (non-hydrogen) atoms. The normalized spacial score (nSPS) is 31.0. The number of fused-ring (bicyclic) bond motifs is 5. The number of hydrogen-bond acceptors (Lipinski definition) is 3. The molecule has 2 aromatic carbocycles. The third kappa shape index (κ3) is 3.97. The Hall–Kier alpha value is -1.58. The van der Waals surface area contributed by atoms with E-state index in [2.05, 4.69) is 27.6 Å². The molecule has 0 unspecified atom stereocenters.